The van der Waals surface area contributed by atoms with Gasteiger partial charge in [-0.25, -0.2) is 23.5 Å². The summed E-state index contributed by atoms with van der Waals surface area (Å²) in [7, 11) is -10.8. The van der Waals surface area contributed by atoms with Crippen LogP contribution in [0.2, 0.25) is 0 Å². The Hall–Kier alpha value is -13.8. The summed E-state index contributed by atoms with van der Waals surface area (Å²) >= 11 is 0. The monoisotopic (exact) mass is 2100 g/mol. The number of nitrogens with zero attached hydrogens (tertiary/aromatic N) is 18. The van der Waals surface area contributed by atoms with E-state index in [0.717, 1.165) is 37.7 Å². The maximum Gasteiger partial charge on any atom is 0.363 e. The Morgan fingerprint density at radius 2 is 0.898 bits per heavy atom. The van der Waals surface area contributed by atoms with Crippen LogP contribution in [-0.4, -0.2) is 270 Å². The van der Waals surface area contributed by atoms with Crippen LogP contribution in [0, 0.1) is 0 Å². The number of aryl methyl sites for hydroxylation is 2. The zero-order chi connectivity index (χ0) is 108. The number of aromatic carboxylic acids is 2. The third kappa shape index (κ3) is 27.0. The SMILES string of the molecule is CCN(CC)CC.CN1c2cc3c(cc2C(CS(=O)(=O)O)=CC1(C)C)C(c1ccc(C(=O)NCCCn2cc(CNCCCN=[N+]=[N-])nn2)cc1C(=O)O)=c1cc2c(cc1O3)=[N+](C)C(C)(C)C=C2CS(=O)(=O)O.CN1c2cc3c(cc2C(CS(=O)(=O)O)=CC1(C)C)C(c1ccc(C(=O)ON2C(=O)CCC2=O)cc1C(=O)O)=c1cc2c(cc1O3)=[N+](C)C(C)(C)C=C2CS(=O)(=O)O.[N-]=[N+]=NCCCNCc1cn(CCCN)nn1. The largest absolute Gasteiger partial charge is 0.478 e. The molecule has 0 unspecified atom stereocenters. The van der Waals surface area contributed by atoms with Gasteiger partial charge in [-0.15, -0.1) is 15.3 Å². The molecule has 0 aliphatic carbocycles. The molecule has 11 N–H and O–H groups in total. The lowest BCUT2D eigenvalue weighted by molar-refractivity contribution is -0.172. The molecule has 15 rings (SSSR count). The molecule has 7 aliphatic rings. The first-order valence-electron chi connectivity index (χ1n) is 47.3. The number of carbonyl (C=O) groups is 6. The molecule has 0 bridgehead atoms. The first-order chi connectivity index (χ1) is 69.0. The molecule has 0 atom stereocenters. The van der Waals surface area contributed by atoms with Crippen LogP contribution in [0.4, 0.5) is 11.4 Å². The van der Waals surface area contributed by atoms with Gasteiger partial charge < -0.3 is 60.9 Å². The van der Waals surface area contributed by atoms with Gasteiger partial charge in [0.25, 0.3) is 58.2 Å². The average molecular weight is 2100 g/mol. The minimum atomic E-state index is -4.53. The molecule has 147 heavy (non-hydrogen) atoms. The Labute approximate surface area is 849 Å². The van der Waals surface area contributed by atoms with Gasteiger partial charge in [0, 0.05) is 196 Å². The number of hydrogen-bond donors (Lipinski definition) is 10. The summed E-state index contributed by atoms with van der Waals surface area (Å²) in [6, 6.07) is 21.4. The van der Waals surface area contributed by atoms with Gasteiger partial charge in [-0.2, -0.15) is 33.7 Å². The van der Waals surface area contributed by atoms with Crippen LogP contribution >= 0.6 is 0 Å². The van der Waals surface area contributed by atoms with E-state index in [0.29, 0.717) is 153 Å². The quantitative estimate of drug-likeness (QED) is 0.00335. The van der Waals surface area contributed by atoms with E-state index in [4.69, 9.17) is 31.1 Å². The van der Waals surface area contributed by atoms with Gasteiger partial charge in [0.2, 0.25) is 10.7 Å². The summed E-state index contributed by atoms with van der Waals surface area (Å²) in [5.74, 6) is -7.77. The number of hydrogen-bond acceptors (Lipinski definition) is 29. The van der Waals surface area contributed by atoms with Crippen molar-refractivity contribution < 1.29 is 105 Å². The Kier molecular flexibility index (Phi) is 34.8. The van der Waals surface area contributed by atoms with Crippen LogP contribution in [0.5, 0.6) is 23.0 Å². The van der Waals surface area contributed by atoms with E-state index in [-0.39, 0.29) is 86.2 Å². The molecular formula is C98H122N22O23S4+2. The number of likely N-dealkylation sites (N-methyl/N-ethyl adjacent to an activating group) is 4. The molecule has 0 radical (unpaired) electrons. The van der Waals surface area contributed by atoms with Crippen LogP contribution in [0.3, 0.4) is 0 Å². The second kappa shape index (κ2) is 45.7. The Morgan fingerprint density at radius 1 is 0.510 bits per heavy atom. The third-order valence-electron chi connectivity index (χ3n) is 26.3. The topological polar surface area (TPSA) is 628 Å². The van der Waals surface area contributed by atoms with E-state index in [1.54, 1.807) is 102 Å². The highest BCUT2D eigenvalue weighted by Gasteiger charge is 2.43. The van der Waals surface area contributed by atoms with Crippen molar-refractivity contribution in [3.8, 4) is 23.0 Å². The Bertz CT molecular complexity index is 7600. The molecule has 9 heterocycles. The third-order valence-corrected chi connectivity index (χ3v) is 29.0. The smallest absolute Gasteiger partial charge is 0.363 e. The number of amides is 3. The molecule has 7 aliphatic heterocycles. The molecule has 2 aromatic heterocycles. The van der Waals surface area contributed by atoms with Crippen molar-refractivity contribution in [2.24, 2.45) is 16.0 Å². The molecule has 1 saturated heterocycles. The number of fused-ring (bicyclic) bond motifs is 8. The number of nitrogens with two attached hydrogens (primary N) is 1. The molecule has 0 spiro atoms. The van der Waals surface area contributed by atoms with Crippen LogP contribution in [0.1, 0.15) is 212 Å². The zero-order valence-electron chi connectivity index (χ0n) is 84.2. The summed E-state index contributed by atoms with van der Waals surface area (Å²) in [6.07, 6.45) is 13.2. The number of carboxylic acids is 2. The van der Waals surface area contributed by atoms with Gasteiger partial charge in [-0.3, -0.25) is 42.0 Å². The second-order valence-corrected chi connectivity index (χ2v) is 44.0. The van der Waals surface area contributed by atoms with Gasteiger partial charge in [0.05, 0.1) is 62.4 Å². The van der Waals surface area contributed by atoms with Gasteiger partial charge in [0.15, 0.2) is 11.1 Å². The lowest BCUT2D eigenvalue weighted by atomic mass is 9.83. The fourth-order valence-corrected chi connectivity index (χ4v) is 20.6. The van der Waals surface area contributed by atoms with Crippen LogP contribution in [-0.2, 0) is 81.1 Å². The normalized spacial score (nSPS) is 15.8. The number of hydroxylamine groups is 2. The number of imide groups is 1. The van der Waals surface area contributed by atoms with E-state index in [1.165, 1.54) is 50.0 Å². The highest BCUT2D eigenvalue weighted by Crippen LogP contribution is 2.50. The predicted molar refractivity (Wildman–Crippen MR) is 551 cm³/mol. The number of azide groups is 2. The van der Waals surface area contributed by atoms with Crippen LogP contribution in [0.25, 0.3) is 54.3 Å². The van der Waals surface area contributed by atoms with Crippen molar-refractivity contribution in [1.29, 1.82) is 0 Å². The van der Waals surface area contributed by atoms with Crippen molar-refractivity contribution in [2.45, 2.75) is 163 Å². The molecule has 6 aromatic carbocycles. The molecule has 0 saturated carbocycles. The van der Waals surface area contributed by atoms with E-state index in [1.807, 2.05) is 94.6 Å². The van der Waals surface area contributed by atoms with Crippen molar-refractivity contribution in [3.63, 3.8) is 0 Å². The highest BCUT2D eigenvalue weighted by molar-refractivity contribution is 7.87. The van der Waals surface area contributed by atoms with E-state index in [9.17, 15) is 90.9 Å². The fraction of sp³-hybridized carbons (Fsp3) is 0.429. The number of ether oxygens (including phenoxy) is 2. The van der Waals surface area contributed by atoms with Crippen molar-refractivity contribution in [3.05, 3.63) is 242 Å². The first-order valence-corrected chi connectivity index (χ1v) is 53.7. The van der Waals surface area contributed by atoms with Gasteiger partial charge in [-0.05, 0) is 198 Å². The van der Waals surface area contributed by atoms with E-state index < -0.39 is 127 Å². The van der Waals surface area contributed by atoms with E-state index >= 15 is 0 Å². The van der Waals surface area contributed by atoms with Crippen LogP contribution < -0.4 is 71.3 Å². The highest BCUT2D eigenvalue weighted by atomic mass is 32.2. The summed E-state index contributed by atoms with van der Waals surface area (Å²) in [5.41, 5.74) is 25.1. The van der Waals surface area contributed by atoms with Crippen molar-refractivity contribution in [1.82, 2.24) is 65.1 Å². The van der Waals surface area contributed by atoms with E-state index in [2.05, 4.69) is 82.3 Å². The maximum atomic E-state index is 13.6. The molecule has 45 nitrogen and oxygen atoms in total. The van der Waals surface area contributed by atoms with Gasteiger partial charge in [-0.1, -0.05) is 65.7 Å². The fourth-order valence-electron chi connectivity index (χ4n) is 18.1. The standard InChI is InChI=1S/C44H50N10O10S2.C39H37N3O13S2.C9H18N8.C6H15N/c1-43(2)20-27(24-65(58,59)60)31-16-34-38(18-36(31)52(43)5)64-39-19-37-32(28(25-66(61,62)63)21-44(3,4)53(37)6)17-35(39)40(34)30-10-9-26(15-33(30)42(56)57)41(55)47-12-8-14-54-23-29(49-51-54)22-46-11-7-13-48-50-45;1-38(2)16-21(18-56(48,49)50)24-12-27-31(14-29(24)40(38)5)54-32-15-30-25(22(19-57(51,52)53)17-39(3,4)41(30)6)13-28(32)35(27)23-8-7-20(11-26(23)36(45)46)37(47)55-42-33(43)9-10-34(42)44;10-3-1-6-17-8-9(14-16-17)7-12-4-2-5-13-15-11;1-4-7(5-2)6-3/h9-10,15-21,23,46H,7-8,11-14,22,24-25H2,1-6H3,(H3-,47,55,56,57,58,59,60,61,62,63);7-8,11-17H,9-10,18-19H2,1-6H3,(H2-,45,46,48,49,50,51,52,53);8,12H,1-7,10H2;4-6H2,1-3H3/p+2. The first kappa shape index (κ1) is 112. The molecule has 3 amide bonds. The minimum Gasteiger partial charge on any atom is -0.478 e. The molecule has 49 heteroatoms. The Balaban J connectivity index is 0.000000214. The minimum absolute atomic E-state index is 0.0488. The van der Waals surface area contributed by atoms with Crippen molar-refractivity contribution in [2.75, 3.05) is 120 Å². The second-order valence-electron chi connectivity index (χ2n) is 38.2. The number of anilines is 2. The summed E-state index contributed by atoms with van der Waals surface area (Å²) in [6.45, 7) is 30.8. The average Bonchev–Trinajstić information content (AvgIpc) is 0.969. The molecule has 1 fully saturated rings. The Morgan fingerprint density at radius 3 is 1.27 bits per heavy atom. The van der Waals surface area contributed by atoms with Gasteiger partial charge in [0.1, 0.15) is 60.1 Å². The summed E-state index contributed by atoms with van der Waals surface area (Å²) in [4.78, 5) is 94.1. The lowest BCUT2D eigenvalue weighted by Crippen LogP contribution is -2.47. The molecule has 784 valence electrons. The zero-order valence-corrected chi connectivity index (χ0v) is 87.5. The number of benzene rings is 6. The summed E-state index contributed by atoms with van der Waals surface area (Å²) < 4.78 is 159. The van der Waals surface area contributed by atoms with Gasteiger partial charge >= 0.3 is 17.9 Å². The van der Waals surface area contributed by atoms with Crippen LogP contribution in [0.15, 0.2) is 132 Å². The summed E-state index contributed by atoms with van der Waals surface area (Å²) in [5, 5.41) is 56.1. The molecule has 8 aromatic rings. The van der Waals surface area contributed by atoms with Crippen molar-refractivity contribution >= 4 is 121 Å². The molecular weight excluding hydrogens is 1980 g/mol. The number of aromatic nitrogens is 6. The number of nitrogens with one attached hydrogen (secondary N) is 3. The number of carboxylic acid groups (broad SMARTS) is 2. The lowest BCUT2D eigenvalue weighted by Gasteiger charge is -2.41. The number of rotatable bonds is 37. The number of carbonyl (C=O) groups excluding carboxylic acids is 4. The maximum absolute atomic E-state index is 13.6. The predicted octanol–water partition coefficient (Wildman–Crippen LogP) is 8.03.